The van der Waals surface area contributed by atoms with Crippen molar-refractivity contribution in [2.45, 2.75) is 24.1 Å². The van der Waals surface area contributed by atoms with Gasteiger partial charge in [0.15, 0.2) is 5.58 Å². The Hall–Kier alpha value is -2.08. The Morgan fingerprint density at radius 3 is 3.00 bits per heavy atom. The Morgan fingerprint density at radius 2 is 2.19 bits per heavy atom. The van der Waals surface area contributed by atoms with Crippen molar-refractivity contribution in [2.75, 3.05) is 6.54 Å². The molecule has 6 heteroatoms. The second kappa shape index (κ2) is 5.73. The molecule has 2 aromatic heterocycles. The third-order valence-electron chi connectivity index (χ3n) is 3.13. The van der Waals surface area contributed by atoms with Crippen LogP contribution in [0.2, 0.25) is 0 Å². The molecule has 21 heavy (non-hydrogen) atoms. The molecular weight excluding hydrogens is 286 g/mol. The fraction of sp³-hybridized carbons (Fsp3) is 0.267. The number of furan rings is 1. The van der Waals surface area contributed by atoms with E-state index in [4.69, 9.17) is 4.42 Å². The van der Waals surface area contributed by atoms with Crippen molar-refractivity contribution in [1.82, 2.24) is 15.3 Å². The van der Waals surface area contributed by atoms with Gasteiger partial charge in [0.05, 0.1) is 5.25 Å². The maximum Gasteiger partial charge on any atom is 0.233 e. The maximum atomic E-state index is 11.8. The largest absolute Gasteiger partial charge is 0.451 e. The molecule has 5 nitrogen and oxygen atoms in total. The zero-order chi connectivity index (χ0) is 14.8. The van der Waals surface area contributed by atoms with Crippen molar-refractivity contribution < 1.29 is 9.21 Å². The normalized spacial score (nSPS) is 12.7. The van der Waals surface area contributed by atoms with Crippen molar-refractivity contribution >= 4 is 39.7 Å². The maximum absolute atomic E-state index is 11.8. The van der Waals surface area contributed by atoms with Crippen molar-refractivity contribution in [1.29, 1.82) is 0 Å². The van der Waals surface area contributed by atoms with Crippen LogP contribution < -0.4 is 5.32 Å². The van der Waals surface area contributed by atoms with Gasteiger partial charge in [-0.2, -0.15) is 0 Å². The van der Waals surface area contributed by atoms with Gasteiger partial charge in [-0.05, 0) is 26.0 Å². The topological polar surface area (TPSA) is 68.0 Å². The summed E-state index contributed by atoms with van der Waals surface area (Å²) in [6, 6.07) is 7.74. The molecule has 1 aromatic carbocycles. The number of para-hydroxylation sites is 1. The number of rotatable bonds is 4. The minimum atomic E-state index is -0.240. The van der Waals surface area contributed by atoms with Gasteiger partial charge in [-0.15, -0.1) is 0 Å². The third-order valence-corrected chi connectivity index (χ3v) is 4.22. The minimum absolute atomic E-state index is 0.00891. The molecule has 0 spiro atoms. The summed E-state index contributed by atoms with van der Waals surface area (Å²) in [7, 11) is 0. The van der Waals surface area contributed by atoms with E-state index in [1.54, 1.807) is 0 Å². The summed E-state index contributed by atoms with van der Waals surface area (Å²) in [6.45, 7) is 4.37. The van der Waals surface area contributed by atoms with Gasteiger partial charge < -0.3 is 9.73 Å². The smallest absolute Gasteiger partial charge is 0.233 e. The molecule has 108 valence electrons. The fourth-order valence-electron chi connectivity index (χ4n) is 2.13. The molecular formula is C15H15N3O2S. The first-order valence-corrected chi connectivity index (χ1v) is 7.65. The lowest BCUT2D eigenvalue weighted by Gasteiger charge is -2.09. The van der Waals surface area contributed by atoms with Crippen LogP contribution in [0.25, 0.3) is 22.1 Å². The van der Waals surface area contributed by atoms with Crippen LogP contribution in [0.1, 0.15) is 13.8 Å². The molecule has 3 aromatic rings. The van der Waals surface area contributed by atoms with Gasteiger partial charge in [0.25, 0.3) is 0 Å². The zero-order valence-electron chi connectivity index (χ0n) is 11.8. The molecule has 0 aliphatic heterocycles. The van der Waals surface area contributed by atoms with Crippen molar-refractivity contribution in [3.8, 4) is 0 Å². The average Bonchev–Trinajstić information content (AvgIpc) is 2.87. The van der Waals surface area contributed by atoms with E-state index in [0.29, 0.717) is 17.2 Å². The van der Waals surface area contributed by atoms with E-state index >= 15 is 0 Å². The molecule has 0 bridgehead atoms. The van der Waals surface area contributed by atoms with E-state index in [1.165, 1.54) is 18.1 Å². The van der Waals surface area contributed by atoms with E-state index < -0.39 is 0 Å². The molecule has 2 heterocycles. The Kier molecular flexibility index (Phi) is 3.79. The lowest BCUT2D eigenvalue weighted by atomic mass is 10.2. The molecule has 0 aliphatic rings. The number of benzene rings is 1. The van der Waals surface area contributed by atoms with E-state index in [-0.39, 0.29) is 11.2 Å². The standard InChI is InChI=1S/C15H15N3O2S/c1-3-16-14(19)9(2)21-15-13-12(17-8-18-15)10-6-4-5-7-11(10)20-13/h4-9H,3H2,1-2H3,(H,16,19)/t9-/m1/s1. The molecule has 3 rings (SSSR count). The van der Waals surface area contributed by atoms with Crippen LogP contribution in [-0.4, -0.2) is 27.7 Å². The monoisotopic (exact) mass is 301 g/mol. The summed E-state index contributed by atoms with van der Waals surface area (Å²) in [4.78, 5) is 20.4. The quantitative estimate of drug-likeness (QED) is 0.592. The molecule has 0 fully saturated rings. The van der Waals surface area contributed by atoms with Crippen molar-refractivity contribution in [3.05, 3.63) is 30.6 Å². The van der Waals surface area contributed by atoms with Crippen molar-refractivity contribution in [3.63, 3.8) is 0 Å². The highest BCUT2D eigenvalue weighted by atomic mass is 32.2. The van der Waals surface area contributed by atoms with Crippen LogP contribution in [0.3, 0.4) is 0 Å². The number of thioether (sulfide) groups is 1. The minimum Gasteiger partial charge on any atom is -0.451 e. The predicted octanol–water partition coefficient (Wildman–Crippen LogP) is 2.99. The first kappa shape index (κ1) is 13.9. The molecule has 0 radical (unpaired) electrons. The molecule has 0 saturated heterocycles. The summed E-state index contributed by atoms with van der Waals surface area (Å²) >= 11 is 1.38. The van der Waals surface area contributed by atoms with Gasteiger partial charge in [0, 0.05) is 11.9 Å². The average molecular weight is 301 g/mol. The number of hydrogen-bond acceptors (Lipinski definition) is 5. The van der Waals surface area contributed by atoms with Gasteiger partial charge >= 0.3 is 0 Å². The van der Waals surface area contributed by atoms with Crippen LogP contribution in [0.4, 0.5) is 0 Å². The molecule has 0 saturated carbocycles. The lowest BCUT2D eigenvalue weighted by Crippen LogP contribution is -2.30. The van der Waals surface area contributed by atoms with Crippen molar-refractivity contribution in [2.24, 2.45) is 0 Å². The highest BCUT2D eigenvalue weighted by Crippen LogP contribution is 2.33. The Bertz CT molecular complexity index is 800. The van der Waals surface area contributed by atoms with E-state index in [0.717, 1.165) is 16.5 Å². The van der Waals surface area contributed by atoms with E-state index in [9.17, 15) is 4.79 Å². The summed E-state index contributed by atoms with van der Waals surface area (Å²) in [5.41, 5.74) is 2.20. The van der Waals surface area contributed by atoms with E-state index in [1.807, 2.05) is 38.1 Å². The summed E-state index contributed by atoms with van der Waals surface area (Å²) < 4.78 is 5.85. The number of nitrogens with one attached hydrogen (secondary N) is 1. The first-order valence-electron chi connectivity index (χ1n) is 6.77. The second-order valence-corrected chi connectivity index (χ2v) is 5.94. The Morgan fingerprint density at radius 1 is 1.38 bits per heavy atom. The highest BCUT2D eigenvalue weighted by Gasteiger charge is 2.19. The summed E-state index contributed by atoms with van der Waals surface area (Å²) in [6.07, 6.45) is 1.51. The molecule has 1 amide bonds. The fourth-order valence-corrected chi connectivity index (χ4v) is 3.00. The van der Waals surface area contributed by atoms with Crippen LogP contribution in [0, 0.1) is 0 Å². The molecule has 0 aliphatic carbocycles. The number of amides is 1. The van der Waals surface area contributed by atoms with Gasteiger partial charge in [0.2, 0.25) is 5.91 Å². The molecule has 1 N–H and O–H groups in total. The van der Waals surface area contributed by atoms with Crippen LogP contribution in [0.5, 0.6) is 0 Å². The number of hydrogen-bond donors (Lipinski definition) is 1. The Balaban J connectivity index is 2.01. The van der Waals surface area contributed by atoms with Gasteiger partial charge in [-0.1, -0.05) is 23.9 Å². The SMILES string of the molecule is CCNC(=O)[C@@H](C)Sc1ncnc2c1oc1ccccc12. The van der Waals surface area contributed by atoms with Gasteiger partial charge in [-0.25, -0.2) is 9.97 Å². The highest BCUT2D eigenvalue weighted by molar-refractivity contribution is 8.00. The number of nitrogens with zero attached hydrogens (tertiary/aromatic N) is 2. The second-order valence-electron chi connectivity index (χ2n) is 4.61. The number of aromatic nitrogens is 2. The number of fused-ring (bicyclic) bond motifs is 3. The zero-order valence-corrected chi connectivity index (χ0v) is 12.6. The summed E-state index contributed by atoms with van der Waals surface area (Å²) in [5.74, 6) is -0.00891. The first-order chi connectivity index (χ1) is 10.2. The molecule has 0 unspecified atom stereocenters. The number of carbonyl (C=O) groups excluding carboxylic acids is 1. The number of carbonyl (C=O) groups is 1. The van der Waals surface area contributed by atoms with Gasteiger partial charge in [-0.3, -0.25) is 4.79 Å². The third kappa shape index (κ3) is 2.58. The van der Waals surface area contributed by atoms with E-state index in [2.05, 4.69) is 15.3 Å². The van der Waals surface area contributed by atoms with Crippen LogP contribution in [0.15, 0.2) is 40.0 Å². The lowest BCUT2D eigenvalue weighted by molar-refractivity contribution is -0.120. The molecule has 1 atom stereocenters. The summed E-state index contributed by atoms with van der Waals surface area (Å²) in [5, 5.41) is 4.22. The van der Waals surface area contributed by atoms with Crippen LogP contribution >= 0.6 is 11.8 Å². The Labute approximate surface area is 126 Å². The van der Waals surface area contributed by atoms with Gasteiger partial charge in [0.1, 0.15) is 22.5 Å². The van der Waals surface area contributed by atoms with Crippen LogP contribution in [-0.2, 0) is 4.79 Å². The predicted molar refractivity (Wildman–Crippen MR) is 83.3 cm³/mol.